The number of rotatable bonds is 4. The summed E-state index contributed by atoms with van der Waals surface area (Å²) in [5.74, 6) is 0. The molecule has 2 N–H and O–H groups in total. The molecule has 0 aromatic heterocycles. The fourth-order valence-electron chi connectivity index (χ4n) is 3.32. The van der Waals surface area contributed by atoms with E-state index in [1.165, 1.54) is 11.1 Å². The first kappa shape index (κ1) is 20.6. The minimum Gasteiger partial charge on any atom is -0.356 e. The second kappa shape index (κ2) is 9.85. The molecule has 2 aromatic carbocycles. The van der Waals surface area contributed by atoms with Crippen molar-refractivity contribution in [1.82, 2.24) is 20.4 Å². The molecule has 1 aliphatic heterocycles. The standard InChI is InChI=1S/C22H28N4S2/c1-17(19-9-5-3-6-10-19)23-21(27)25-13-15-26(16-14-25)22(28)24-18(2)20-11-7-4-8-12-20/h3-12,17-18H,13-16H2,1-2H3,(H,23,27)(H,24,28). The molecule has 4 nitrogen and oxygen atoms in total. The Labute approximate surface area is 178 Å². The molecule has 0 radical (unpaired) electrons. The van der Waals surface area contributed by atoms with Crippen LogP contribution in [-0.4, -0.2) is 46.2 Å². The van der Waals surface area contributed by atoms with Crippen molar-refractivity contribution >= 4 is 34.7 Å². The molecule has 28 heavy (non-hydrogen) atoms. The Morgan fingerprint density at radius 3 is 1.32 bits per heavy atom. The quantitative estimate of drug-likeness (QED) is 0.742. The maximum absolute atomic E-state index is 5.64. The van der Waals surface area contributed by atoms with Gasteiger partial charge in [0, 0.05) is 26.2 Å². The summed E-state index contributed by atoms with van der Waals surface area (Å²) in [7, 11) is 0. The predicted octanol–water partition coefficient (Wildman–Crippen LogP) is 3.88. The topological polar surface area (TPSA) is 30.5 Å². The number of nitrogens with zero attached hydrogens (tertiary/aromatic N) is 2. The van der Waals surface area contributed by atoms with Crippen molar-refractivity contribution in [2.75, 3.05) is 26.2 Å². The van der Waals surface area contributed by atoms with Gasteiger partial charge in [0.05, 0.1) is 12.1 Å². The Balaban J connectivity index is 1.46. The van der Waals surface area contributed by atoms with Crippen molar-refractivity contribution in [3.05, 3.63) is 71.8 Å². The Hall–Kier alpha value is -2.18. The average Bonchev–Trinajstić information content (AvgIpc) is 2.75. The van der Waals surface area contributed by atoms with Crippen molar-refractivity contribution in [3.63, 3.8) is 0 Å². The number of piperazine rings is 1. The van der Waals surface area contributed by atoms with Gasteiger partial charge in [-0.2, -0.15) is 0 Å². The van der Waals surface area contributed by atoms with E-state index in [-0.39, 0.29) is 12.1 Å². The number of benzene rings is 2. The van der Waals surface area contributed by atoms with Crippen molar-refractivity contribution in [3.8, 4) is 0 Å². The molecule has 0 amide bonds. The molecule has 2 atom stereocenters. The fourth-order valence-corrected chi connectivity index (χ4v) is 4.03. The van der Waals surface area contributed by atoms with Crippen LogP contribution in [0.2, 0.25) is 0 Å². The van der Waals surface area contributed by atoms with Gasteiger partial charge in [-0.05, 0) is 49.4 Å². The van der Waals surface area contributed by atoms with E-state index in [9.17, 15) is 0 Å². The maximum Gasteiger partial charge on any atom is 0.169 e. The van der Waals surface area contributed by atoms with Gasteiger partial charge in [-0.3, -0.25) is 0 Å². The van der Waals surface area contributed by atoms with E-state index in [0.717, 1.165) is 36.4 Å². The lowest BCUT2D eigenvalue weighted by Gasteiger charge is -2.38. The maximum atomic E-state index is 5.64. The van der Waals surface area contributed by atoms with Crippen LogP contribution in [0.4, 0.5) is 0 Å². The minimum absolute atomic E-state index is 0.196. The average molecular weight is 413 g/mol. The molecule has 1 heterocycles. The molecule has 1 fully saturated rings. The molecule has 0 aliphatic carbocycles. The summed E-state index contributed by atoms with van der Waals surface area (Å²) in [4.78, 5) is 4.46. The summed E-state index contributed by atoms with van der Waals surface area (Å²) in [6, 6.07) is 21.2. The summed E-state index contributed by atoms with van der Waals surface area (Å²) in [5, 5.41) is 8.53. The van der Waals surface area contributed by atoms with Crippen molar-refractivity contribution in [2.24, 2.45) is 0 Å². The fraction of sp³-hybridized carbons (Fsp3) is 0.364. The van der Waals surface area contributed by atoms with E-state index < -0.39 is 0 Å². The Morgan fingerprint density at radius 2 is 1.00 bits per heavy atom. The van der Waals surface area contributed by atoms with Gasteiger partial charge in [-0.25, -0.2) is 0 Å². The highest BCUT2D eigenvalue weighted by Crippen LogP contribution is 2.14. The summed E-state index contributed by atoms with van der Waals surface area (Å²) in [5.41, 5.74) is 2.48. The highest BCUT2D eigenvalue weighted by molar-refractivity contribution is 7.80. The molecular formula is C22H28N4S2. The number of thiocarbonyl (C=S) groups is 2. The first-order valence-electron chi connectivity index (χ1n) is 9.75. The van der Waals surface area contributed by atoms with Gasteiger partial charge in [0.25, 0.3) is 0 Å². The van der Waals surface area contributed by atoms with Crippen LogP contribution in [0.1, 0.15) is 37.1 Å². The molecule has 148 valence electrons. The molecule has 3 rings (SSSR count). The summed E-state index contributed by atoms with van der Waals surface area (Å²) < 4.78 is 0. The minimum atomic E-state index is 0.196. The van der Waals surface area contributed by atoms with Crippen LogP contribution < -0.4 is 10.6 Å². The Morgan fingerprint density at radius 1 is 0.679 bits per heavy atom. The van der Waals surface area contributed by atoms with Crippen molar-refractivity contribution in [1.29, 1.82) is 0 Å². The molecule has 0 saturated carbocycles. The zero-order valence-electron chi connectivity index (χ0n) is 16.5. The van der Waals surface area contributed by atoms with E-state index in [1.807, 2.05) is 12.1 Å². The van der Waals surface area contributed by atoms with E-state index in [1.54, 1.807) is 0 Å². The molecule has 1 saturated heterocycles. The number of nitrogens with one attached hydrogen (secondary N) is 2. The van der Waals surface area contributed by atoms with Crippen LogP contribution in [0, 0.1) is 0 Å². The Bertz CT molecular complexity index is 706. The first-order chi connectivity index (χ1) is 13.5. The SMILES string of the molecule is CC(NC(=S)N1CCN(C(=S)NC(C)c2ccccc2)CC1)c1ccccc1. The third-order valence-electron chi connectivity index (χ3n) is 5.13. The zero-order chi connectivity index (χ0) is 19.9. The normalized spacial score (nSPS) is 16.2. The second-order valence-corrected chi connectivity index (χ2v) is 7.91. The van der Waals surface area contributed by atoms with E-state index in [4.69, 9.17) is 24.4 Å². The monoisotopic (exact) mass is 412 g/mol. The molecule has 1 aliphatic rings. The van der Waals surface area contributed by atoms with Gasteiger partial charge in [0.2, 0.25) is 0 Å². The zero-order valence-corrected chi connectivity index (χ0v) is 18.1. The largest absolute Gasteiger partial charge is 0.356 e. The first-order valence-corrected chi connectivity index (χ1v) is 10.6. The molecule has 2 aromatic rings. The molecule has 0 bridgehead atoms. The van der Waals surface area contributed by atoms with E-state index in [2.05, 4.69) is 82.8 Å². The van der Waals surface area contributed by atoms with Crippen LogP contribution in [0.3, 0.4) is 0 Å². The van der Waals surface area contributed by atoms with E-state index in [0.29, 0.717) is 0 Å². The number of hydrogen-bond donors (Lipinski definition) is 2. The van der Waals surface area contributed by atoms with Crippen molar-refractivity contribution in [2.45, 2.75) is 25.9 Å². The van der Waals surface area contributed by atoms with Gasteiger partial charge in [-0.1, -0.05) is 60.7 Å². The van der Waals surface area contributed by atoms with Gasteiger partial charge in [0.1, 0.15) is 0 Å². The molecule has 2 unspecified atom stereocenters. The highest BCUT2D eigenvalue weighted by Gasteiger charge is 2.22. The lowest BCUT2D eigenvalue weighted by Crippen LogP contribution is -2.55. The second-order valence-electron chi connectivity index (χ2n) is 7.14. The summed E-state index contributed by atoms with van der Waals surface area (Å²) in [6.45, 7) is 7.76. The third kappa shape index (κ3) is 5.42. The van der Waals surface area contributed by atoms with E-state index >= 15 is 0 Å². The van der Waals surface area contributed by atoms with Crippen molar-refractivity contribution < 1.29 is 0 Å². The van der Waals surface area contributed by atoms with Gasteiger partial charge in [-0.15, -0.1) is 0 Å². The predicted molar refractivity (Wildman–Crippen MR) is 124 cm³/mol. The summed E-state index contributed by atoms with van der Waals surface area (Å²) >= 11 is 11.3. The molecule has 6 heteroatoms. The Kier molecular flexibility index (Phi) is 7.23. The van der Waals surface area contributed by atoms with Gasteiger partial charge >= 0.3 is 0 Å². The van der Waals surface area contributed by atoms with Crippen LogP contribution in [-0.2, 0) is 0 Å². The lowest BCUT2D eigenvalue weighted by atomic mass is 10.1. The van der Waals surface area contributed by atoms with Crippen LogP contribution in [0.25, 0.3) is 0 Å². The summed E-state index contributed by atoms with van der Waals surface area (Å²) in [6.07, 6.45) is 0. The highest BCUT2D eigenvalue weighted by atomic mass is 32.1. The molecule has 0 spiro atoms. The third-order valence-corrected chi connectivity index (χ3v) is 5.89. The van der Waals surface area contributed by atoms with Crippen LogP contribution in [0.15, 0.2) is 60.7 Å². The van der Waals surface area contributed by atoms with Crippen LogP contribution in [0.5, 0.6) is 0 Å². The van der Waals surface area contributed by atoms with Gasteiger partial charge < -0.3 is 20.4 Å². The molecular weight excluding hydrogens is 384 g/mol. The lowest BCUT2D eigenvalue weighted by molar-refractivity contribution is 0.252. The van der Waals surface area contributed by atoms with Crippen LogP contribution >= 0.6 is 24.4 Å². The smallest absolute Gasteiger partial charge is 0.169 e. The number of hydrogen-bond acceptors (Lipinski definition) is 2. The van der Waals surface area contributed by atoms with Gasteiger partial charge in [0.15, 0.2) is 10.2 Å².